The third kappa shape index (κ3) is 6.96. The fraction of sp³-hybridized carbons (Fsp3) is 0.321. The molecule has 4 amide bonds. The Morgan fingerprint density at radius 1 is 0.762 bits per heavy atom. The van der Waals surface area contributed by atoms with E-state index in [2.05, 4.69) is 26.3 Å². The number of aromatic amines is 1. The second-order valence-electron chi connectivity index (χ2n) is 10.4. The summed E-state index contributed by atoms with van der Waals surface area (Å²) in [6.45, 7) is 1.42. The molecule has 0 aliphatic rings. The summed E-state index contributed by atoms with van der Waals surface area (Å²) in [4.78, 5) is 56.1. The number of amides is 4. The molecule has 0 saturated heterocycles. The molecule has 0 aliphatic heterocycles. The lowest BCUT2D eigenvalue weighted by Gasteiger charge is -2.10. The van der Waals surface area contributed by atoms with Crippen molar-refractivity contribution in [1.82, 2.24) is 28.9 Å². The maximum atomic E-state index is 13.0. The van der Waals surface area contributed by atoms with Gasteiger partial charge in [-0.05, 0) is 45.3 Å². The zero-order chi connectivity index (χ0) is 30.6. The molecule has 0 bridgehead atoms. The Morgan fingerprint density at radius 2 is 1.21 bits per heavy atom. The highest BCUT2D eigenvalue weighted by atomic mass is 16.2. The molecular weight excluding hydrogens is 540 g/mol. The van der Waals surface area contributed by atoms with Crippen LogP contribution in [-0.2, 0) is 28.2 Å². The first-order chi connectivity index (χ1) is 19.9. The van der Waals surface area contributed by atoms with Crippen LogP contribution in [0.1, 0.15) is 48.5 Å². The molecular formula is C28H37N10O4+. The fourth-order valence-electron chi connectivity index (χ4n) is 4.47. The van der Waals surface area contributed by atoms with Gasteiger partial charge in [0.05, 0.1) is 24.1 Å². The molecule has 42 heavy (non-hydrogen) atoms. The number of nitrogens with one attached hydrogen (secondary N) is 5. The van der Waals surface area contributed by atoms with Gasteiger partial charge in [-0.15, -0.1) is 0 Å². The third-order valence-electron chi connectivity index (χ3n) is 6.64. The molecule has 5 N–H and O–H groups in total. The van der Waals surface area contributed by atoms with Crippen LogP contribution in [0, 0.1) is 0 Å². The summed E-state index contributed by atoms with van der Waals surface area (Å²) in [5, 5.41) is 11.3. The largest absolute Gasteiger partial charge is 0.351 e. The predicted octanol–water partition coefficient (Wildman–Crippen LogP) is 1.29. The van der Waals surface area contributed by atoms with Crippen molar-refractivity contribution >= 4 is 40.7 Å². The monoisotopic (exact) mass is 577 g/mol. The average molecular weight is 578 g/mol. The Morgan fingerprint density at radius 3 is 1.64 bits per heavy atom. The summed E-state index contributed by atoms with van der Waals surface area (Å²) in [7, 11) is 10.8. The highest BCUT2D eigenvalue weighted by Gasteiger charge is 2.21. The molecule has 0 fully saturated rings. The Bertz CT molecular complexity index is 1620. The lowest BCUT2D eigenvalue weighted by Crippen LogP contribution is -2.35. The van der Waals surface area contributed by atoms with Crippen LogP contribution >= 0.6 is 0 Å². The topological polar surface area (TPSA) is 154 Å². The number of imidazole rings is 1. The molecule has 4 aromatic heterocycles. The van der Waals surface area contributed by atoms with Gasteiger partial charge in [0, 0.05) is 46.3 Å². The van der Waals surface area contributed by atoms with Crippen LogP contribution in [0.4, 0.5) is 17.1 Å². The number of carbonyl (C=O) groups is 4. The number of hydrogen-bond donors (Lipinski definition) is 5. The maximum Gasteiger partial charge on any atom is 0.345 e. The van der Waals surface area contributed by atoms with Crippen LogP contribution in [-0.4, -0.2) is 74.4 Å². The zero-order valence-corrected chi connectivity index (χ0v) is 24.6. The number of aromatic nitrogens is 5. The predicted molar refractivity (Wildman–Crippen MR) is 158 cm³/mol. The minimum Gasteiger partial charge on any atom is -0.351 e. The Labute approximate surface area is 243 Å². The van der Waals surface area contributed by atoms with E-state index in [0.717, 1.165) is 13.0 Å². The summed E-state index contributed by atoms with van der Waals surface area (Å²) >= 11 is 0. The van der Waals surface area contributed by atoms with Crippen LogP contribution in [0.2, 0.25) is 0 Å². The highest BCUT2D eigenvalue weighted by molar-refractivity contribution is 6.08. The molecule has 0 saturated carbocycles. The van der Waals surface area contributed by atoms with Crippen molar-refractivity contribution in [2.75, 3.05) is 43.1 Å². The van der Waals surface area contributed by atoms with Crippen LogP contribution in [0.15, 0.2) is 49.2 Å². The van der Waals surface area contributed by atoms with Gasteiger partial charge in [0.2, 0.25) is 0 Å². The highest BCUT2D eigenvalue weighted by Crippen LogP contribution is 2.20. The summed E-state index contributed by atoms with van der Waals surface area (Å²) < 4.78 is 6.50. The number of anilines is 3. The van der Waals surface area contributed by atoms with Gasteiger partial charge in [0.1, 0.15) is 29.5 Å². The normalized spacial score (nSPS) is 11.0. The standard InChI is InChI=1S/C28H36N10O4/c1-34(2)10-7-8-30-25(39)21-12-18(15-36(21)4)31-26(40)22-13-19(16-37(22)5)32-27(41)23-14-20(17-38(23)6)33-28(42)24-29-9-11-35(24)3/h9,11-17H,7-8,10H2,1-6H3,(H4,30,31,32,33,39,40,41,42)/p+1. The van der Waals surface area contributed by atoms with Crippen molar-refractivity contribution in [3.8, 4) is 0 Å². The van der Waals surface area contributed by atoms with Crippen molar-refractivity contribution < 1.29 is 23.7 Å². The Hall–Kier alpha value is -5.11. The van der Waals surface area contributed by atoms with Gasteiger partial charge >= 0.3 is 11.7 Å². The van der Waals surface area contributed by atoms with Crippen LogP contribution < -0.4 is 25.8 Å². The van der Waals surface area contributed by atoms with E-state index in [1.807, 2.05) is 19.0 Å². The number of hydrogen-bond acceptors (Lipinski definition) is 5. The van der Waals surface area contributed by atoms with E-state index < -0.39 is 11.8 Å². The lowest BCUT2D eigenvalue weighted by molar-refractivity contribution is -0.671. The smallest absolute Gasteiger partial charge is 0.345 e. The molecule has 0 aliphatic carbocycles. The molecule has 4 rings (SSSR count). The maximum absolute atomic E-state index is 13.0. The number of aryl methyl sites for hydroxylation is 4. The van der Waals surface area contributed by atoms with Crippen molar-refractivity contribution in [1.29, 1.82) is 0 Å². The van der Waals surface area contributed by atoms with Gasteiger partial charge in [-0.25, -0.2) is 9.55 Å². The number of carbonyl (C=O) groups excluding carboxylic acids is 4. The van der Waals surface area contributed by atoms with Gasteiger partial charge in [-0.3, -0.25) is 19.2 Å². The summed E-state index contributed by atoms with van der Waals surface area (Å²) in [6, 6.07) is 4.75. The first-order valence-corrected chi connectivity index (χ1v) is 13.3. The summed E-state index contributed by atoms with van der Waals surface area (Å²) in [5.41, 5.74) is 2.40. The molecule has 14 nitrogen and oxygen atoms in total. The average Bonchev–Trinajstić information content (AvgIpc) is 3.68. The van der Waals surface area contributed by atoms with Crippen molar-refractivity contribution in [2.24, 2.45) is 28.2 Å². The second kappa shape index (κ2) is 12.6. The number of H-pyrrole nitrogens is 1. The molecule has 0 radical (unpaired) electrons. The van der Waals surface area contributed by atoms with Gasteiger partial charge < -0.3 is 39.9 Å². The van der Waals surface area contributed by atoms with Crippen LogP contribution in [0.3, 0.4) is 0 Å². The van der Waals surface area contributed by atoms with E-state index in [4.69, 9.17) is 0 Å². The van der Waals surface area contributed by atoms with E-state index in [-0.39, 0.29) is 11.8 Å². The van der Waals surface area contributed by atoms with E-state index in [0.29, 0.717) is 46.5 Å². The fourth-order valence-corrected chi connectivity index (χ4v) is 4.47. The van der Waals surface area contributed by atoms with Crippen molar-refractivity contribution in [3.05, 3.63) is 72.1 Å². The second-order valence-corrected chi connectivity index (χ2v) is 10.4. The Kier molecular flexibility index (Phi) is 8.96. The molecule has 14 heteroatoms. The zero-order valence-electron chi connectivity index (χ0n) is 24.6. The molecule has 0 spiro atoms. The summed E-state index contributed by atoms with van der Waals surface area (Å²) in [5.74, 6) is -1.01. The first kappa shape index (κ1) is 29.9. The quantitative estimate of drug-likeness (QED) is 0.134. The first-order valence-electron chi connectivity index (χ1n) is 13.3. The Balaban J connectivity index is 1.37. The van der Waals surface area contributed by atoms with E-state index in [1.165, 1.54) is 0 Å². The molecule has 0 unspecified atom stereocenters. The van der Waals surface area contributed by atoms with Gasteiger partial charge in [-0.2, -0.15) is 0 Å². The minimum atomic E-state index is -0.412. The van der Waals surface area contributed by atoms with E-state index in [9.17, 15) is 19.2 Å². The van der Waals surface area contributed by atoms with Crippen molar-refractivity contribution in [3.63, 3.8) is 0 Å². The van der Waals surface area contributed by atoms with E-state index >= 15 is 0 Å². The molecule has 4 aromatic rings. The third-order valence-corrected chi connectivity index (χ3v) is 6.64. The van der Waals surface area contributed by atoms with E-state index in [1.54, 1.807) is 95.6 Å². The minimum absolute atomic E-state index is 0.220. The molecule has 0 aromatic carbocycles. The van der Waals surface area contributed by atoms with Crippen molar-refractivity contribution in [2.45, 2.75) is 6.42 Å². The van der Waals surface area contributed by atoms with Gasteiger partial charge in [-0.1, -0.05) is 0 Å². The van der Waals surface area contributed by atoms with Gasteiger partial charge in [0.15, 0.2) is 0 Å². The lowest BCUT2D eigenvalue weighted by atomic mass is 10.3. The van der Waals surface area contributed by atoms with Crippen LogP contribution in [0.25, 0.3) is 0 Å². The molecule has 4 heterocycles. The van der Waals surface area contributed by atoms with Crippen LogP contribution in [0.5, 0.6) is 0 Å². The summed E-state index contributed by atoms with van der Waals surface area (Å²) in [6.07, 6.45) is 9.13. The number of nitrogens with zero attached hydrogens (tertiary/aromatic N) is 5. The molecule has 222 valence electrons. The SMILES string of the molecule is CN(C)CCCNC(=O)c1cc(NC(=O)c2cc(NC(=O)c3cc(NC(=O)c4[nH]cc[n+]4C)cn3C)cn2C)cn1C. The molecule has 0 atom stereocenters. The number of rotatable bonds is 11. The van der Waals surface area contributed by atoms with Gasteiger partial charge in [0.25, 0.3) is 17.7 Å².